The molecule has 0 bridgehead atoms. The Kier molecular flexibility index (Phi) is 8.28. The lowest BCUT2D eigenvalue weighted by molar-refractivity contribution is -0.120. The van der Waals surface area contributed by atoms with E-state index in [0.717, 1.165) is 4.31 Å². The second-order valence-electron chi connectivity index (χ2n) is 6.16. The third-order valence-corrected chi connectivity index (χ3v) is 5.62. The molecule has 0 aromatic heterocycles. The number of benzene rings is 2. The minimum Gasteiger partial charge on any atom is -0.493 e. The van der Waals surface area contributed by atoms with Crippen molar-refractivity contribution in [2.45, 2.75) is 11.5 Å². The number of alkyl halides is 2. The molecule has 0 heterocycles. The molecule has 1 N–H and O–H groups in total. The highest BCUT2D eigenvalue weighted by Gasteiger charge is 2.16. The number of nitrogens with one attached hydrogen (secondary N) is 1. The first-order valence-electron chi connectivity index (χ1n) is 8.74. The van der Waals surface area contributed by atoms with E-state index in [0.29, 0.717) is 11.3 Å². The van der Waals surface area contributed by atoms with Crippen LogP contribution in [0.3, 0.4) is 0 Å². The molecule has 2 aromatic carbocycles. The van der Waals surface area contributed by atoms with Crippen LogP contribution in [0.4, 0.5) is 14.5 Å². The monoisotopic (exact) mass is 457 g/mol. The van der Waals surface area contributed by atoms with Crippen LogP contribution in [0.15, 0.2) is 52.5 Å². The van der Waals surface area contributed by atoms with Gasteiger partial charge in [-0.3, -0.25) is 4.79 Å². The molecule has 0 radical (unpaired) electrons. The van der Waals surface area contributed by atoms with Crippen molar-refractivity contribution in [1.82, 2.24) is 4.31 Å². The minimum atomic E-state index is -3.56. The molecular weight excluding hydrogens is 436 g/mol. The number of rotatable bonds is 10. The van der Waals surface area contributed by atoms with E-state index in [-0.39, 0.29) is 16.4 Å². The van der Waals surface area contributed by atoms with Crippen LogP contribution in [-0.4, -0.2) is 59.3 Å². The Morgan fingerprint density at radius 2 is 1.84 bits per heavy atom. The molecule has 2 aromatic rings. The number of nitrogens with zero attached hydrogens (tertiary/aromatic N) is 2. The summed E-state index contributed by atoms with van der Waals surface area (Å²) in [6, 6.07) is 9.81. The second-order valence-corrected chi connectivity index (χ2v) is 8.31. The van der Waals surface area contributed by atoms with E-state index in [2.05, 4.69) is 15.2 Å². The molecule has 0 spiro atoms. The van der Waals surface area contributed by atoms with Gasteiger partial charge in [-0.1, -0.05) is 5.16 Å². The lowest BCUT2D eigenvalue weighted by Crippen LogP contribution is -2.22. The molecule has 0 unspecified atom stereocenters. The molecule has 2 rings (SSSR count). The Balaban J connectivity index is 1.89. The van der Waals surface area contributed by atoms with Crippen molar-refractivity contribution in [1.29, 1.82) is 0 Å². The number of halogens is 2. The summed E-state index contributed by atoms with van der Waals surface area (Å²) in [4.78, 5) is 16.9. The summed E-state index contributed by atoms with van der Waals surface area (Å²) in [5.74, 6) is -0.556. The molecule has 12 heteroatoms. The highest BCUT2D eigenvalue weighted by molar-refractivity contribution is 7.89. The zero-order valence-corrected chi connectivity index (χ0v) is 17.7. The fraction of sp³-hybridized carbons (Fsp3) is 0.263. The molecule has 0 aliphatic carbocycles. The number of amides is 1. The van der Waals surface area contributed by atoms with E-state index in [1.165, 1.54) is 69.9 Å². The van der Waals surface area contributed by atoms with Crippen molar-refractivity contribution < 1.29 is 36.3 Å². The first-order chi connectivity index (χ1) is 14.6. The molecule has 168 valence electrons. The summed E-state index contributed by atoms with van der Waals surface area (Å²) < 4.78 is 59.1. The van der Waals surface area contributed by atoms with E-state index in [1.807, 2.05) is 0 Å². The Morgan fingerprint density at radius 3 is 2.42 bits per heavy atom. The van der Waals surface area contributed by atoms with Gasteiger partial charge in [-0.15, -0.1) is 0 Å². The van der Waals surface area contributed by atoms with E-state index >= 15 is 0 Å². The van der Waals surface area contributed by atoms with E-state index in [1.54, 1.807) is 0 Å². The Labute approximate surface area is 178 Å². The maximum Gasteiger partial charge on any atom is 0.387 e. The molecule has 31 heavy (non-hydrogen) atoms. The average molecular weight is 457 g/mol. The Morgan fingerprint density at radius 1 is 1.16 bits per heavy atom. The van der Waals surface area contributed by atoms with Crippen LogP contribution in [0.2, 0.25) is 0 Å². The van der Waals surface area contributed by atoms with Gasteiger partial charge in [0, 0.05) is 25.3 Å². The van der Waals surface area contributed by atoms with Gasteiger partial charge in [0.15, 0.2) is 18.1 Å². The van der Waals surface area contributed by atoms with Crippen molar-refractivity contribution in [3.05, 3.63) is 48.0 Å². The van der Waals surface area contributed by atoms with E-state index in [4.69, 9.17) is 9.57 Å². The smallest absolute Gasteiger partial charge is 0.387 e. The summed E-state index contributed by atoms with van der Waals surface area (Å²) in [5, 5.41) is 6.18. The maximum absolute atomic E-state index is 12.3. The number of anilines is 1. The molecule has 0 saturated heterocycles. The van der Waals surface area contributed by atoms with Crippen LogP contribution in [0.25, 0.3) is 0 Å². The molecule has 0 saturated carbocycles. The predicted molar refractivity (Wildman–Crippen MR) is 109 cm³/mol. The van der Waals surface area contributed by atoms with Gasteiger partial charge in [-0.05, 0) is 42.5 Å². The topological polar surface area (TPSA) is 107 Å². The highest BCUT2D eigenvalue weighted by Crippen LogP contribution is 2.28. The lowest BCUT2D eigenvalue weighted by atomic mass is 10.2. The molecule has 0 aliphatic heterocycles. The number of sulfonamides is 1. The van der Waals surface area contributed by atoms with Crippen molar-refractivity contribution in [3.8, 4) is 11.5 Å². The first-order valence-corrected chi connectivity index (χ1v) is 10.2. The quantitative estimate of drug-likeness (QED) is 0.434. The summed E-state index contributed by atoms with van der Waals surface area (Å²) in [6.07, 6.45) is 1.27. The SMILES string of the molecule is COc1cc(/C=N/OCC(=O)Nc2ccc(S(=O)(=O)N(C)C)cc2)ccc1OC(F)F. The van der Waals surface area contributed by atoms with Gasteiger partial charge in [0.05, 0.1) is 18.2 Å². The largest absolute Gasteiger partial charge is 0.493 e. The van der Waals surface area contributed by atoms with Crippen LogP contribution < -0.4 is 14.8 Å². The number of ether oxygens (including phenoxy) is 2. The number of carbonyl (C=O) groups is 1. The fourth-order valence-electron chi connectivity index (χ4n) is 2.27. The van der Waals surface area contributed by atoms with Crippen LogP contribution >= 0.6 is 0 Å². The average Bonchev–Trinajstić information content (AvgIpc) is 2.72. The van der Waals surface area contributed by atoms with Gasteiger partial charge >= 0.3 is 6.61 Å². The maximum atomic E-state index is 12.3. The first kappa shape index (κ1) is 24.0. The Bertz CT molecular complexity index is 1030. The predicted octanol–water partition coefficient (Wildman–Crippen LogP) is 2.54. The third-order valence-electron chi connectivity index (χ3n) is 3.79. The third kappa shape index (κ3) is 6.89. The second kappa shape index (κ2) is 10.7. The van der Waals surface area contributed by atoms with Crippen molar-refractivity contribution in [2.75, 3.05) is 33.1 Å². The normalized spacial score (nSPS) is 11.7. The van der Waals surface area contributed by atoms with Gasteiger partial charge in [0.25, 0.3) is 5.91 Å². The Hall–Kier alpha value is -3.25. The van der Waals surface area contributed by atoms with E-state index in [9.17, 15) is 22.0 Å². The van der Waals surface area contributed by atoms with E-state index < -0.39 is 29.1 Å². The van der Waals surface area contributed by atoms with Crippen molar-refractivity contribution in [2.24, 2.45) is 5.16 Å². The molecule has 0 aliphatic rings. The van der Waals surface area contributed by atoms with Gasteiger partial charge in [0.1, 0.15) is 0 Å². The summed E-state index contributed by atoms with van der Waals surface area (Å²) >= 11 is 0. The zero-order chi connectivity index (χ0) is 23.0. The van der Waals surface area contributed by atoms with Gasteiger partial charge in [-0.2, -0.15) is 8.78 Å². The summed E-state index contributed by atoms with van der Waals surface area (Å²) in [5.41, 5.74) is 0.853. The molecular formula is C19H21F2N3O6S. The van der Waals surface area contributed by atoms with Gasteiger partial charge < -0.3 is 19.6 Å². The number of oxime groups is 1. The summed E-state index contributed by atoms with van der Waals surface area (Å²) in [7, 11) is 0.589. The van der Waals surface area contributed by atoms with Crippen LogP contribution in [0.1, 0.15) is 5.56 Å². The summed E-state index contributed by atoms with van der Waals surface area (Å²) in [6.45, 7) is -3.39. The standard InChI is InChI=1S/C19H21F2N3O6S/c1-24(2)31(26,27)15-7-5-14(6-8-15)23-18(25)12-29-22-11-13-4-9-16(30-19(20)21)17(10-13)28-3/h4-11,19H,12H2,1-3H3,(H,23,25)/b22-11+. The van der Waals surface area contributed by atoms with Crippen LogP contribution in [-0.2, 0) is 19.7 Å². The van der Waals surface area contributed by atoms with Crippen molar-refractivity contribution >= 4 is 27.8 Å². The fourth-order valence-corrected chi connectivity index (χ4v) is 3.17. The van der Waals surface area contributed by atoms with Crippen molar-refractivity contribution in [3.63, 3.8) is 0 Å². The molecule has 9 nitrogen and oxygen atoms in total. The van der Waals surface area contributed by atoms with Gasteiger partial charge in [-0.25, -0.2) is 12.7 Å². The zero-order valence-electron chi connectivity index (χ0n) is 16.9. The number of hydrogen-bond acceptors (Lipinski definition) is 7. The van der Waals surface area contributed by atoms with Crippen LogP contribution in [0.5, 0.6) is 11.5 Å². The molecule has 0 atom stereocenters. The molecule has 0 fully saturated rings. The molecule has 1 amide bonds. The number of methoxy groups -OCH3 is 1. The van der Waals surface area contributed by atoms with Gasteiger partial charge in [0.2, 0.25) is 10.0 Å². The number of carbonyl (C=O) groups excluding carboxylic acids is 1. The number of hydrogen-bond donors (Lipinski definition) is 1. The minimum absolute atomic E-state index is 0.0849. The van der Waals surface area contributed by atoms with Crippen LogP contribution in [0, 0.1) is 0 Å². The highest BCUT2D eigenvalue weighted by atomic mass is 32.2. The lowest BCUT2D eigenvalue weighted by Gasteiger charge is -2.11.